The first-order valence-corrected chi connectivity index (χ1v) is 8.82. The molecule has 140 valence electrons. The van der Waals surface area contributed by atoms with Crippen LogP contribution in [0.5, 0.6) is 0 Å². The first-order valence-electron chi connectivity index (χ1n) is 8.03. The molecule has 2 amide bonds. The zero-order valence-corrected chi connectivity index (χ0v) is 15.9. The lowest BCUT2D eigenvalue weighted by atomic mass is 10.1. The summed E-state index contributed by atoms with van der Waals surface area (Å²) in [6.07, 6.45) is 0. The number of carbonyl (C=O) groups is 2. The predicted molar refractivity (Wildman–Crippen MR) is 104 cm³/mol. The van der Waals surface area contributed by atoms with Crippen molar-refractivity contribution in [1.29, 1.82) is 0 Å². The zero-order valence-electron chi connectivity index (χ0n) is 14.4. The Morgan fingerprint density at radius 3 is 2.75 bits per heavy atom. The van der Waals surface area contributed by atoms with Crippen LogP contribution in [0.25, 0.3) is 22.4 Å². The second-order valence-corrected chi connectivity index (χ2v) is 6.72. The van der Waals surface area contributed by atoms with Gasteiger partial charge in [-0.05, 0) is 41.6 Å². The van der Waals surface area contributed by atoms with E-state index in [0.29, 0.717) is 33.7 Å². The highest BCUT2D eigenvalue weighted by atomic mass is 79.9. The molecule has 4 aromatic rings. The molecule has 11 heteroatoms. The van der Waals surface area contributed by atoms with E-state index in [1.807, 2.05) is 0 Å². The summed E-state index contributed by atoms with van der Waals surface area (Å²) in [5.41, 5.74) is 2.10. The number of H-pyrrole nitrogens is 1. The summed E-state index contributed by atoms with van der Waals surface area (Å²) in [6.45, 7) is 1.40. The monoisotopic (exact) mass is 441 g/mol. The van der Waals surface area contributed by atoms with Crippen molar-refractivity contribution < 1.29 is 14.1 Å². The molecule has 4 rings (SSSR count). The van der Waals surface area contributed by atoms with Crippen molar-refractivity contribution in [2.24, 2.45) is 0 Å². The van der Waals surface area contributed by atoms with E-state index in [4.69, 9.17) is 4.52 Å². The second kappa shape index (κ2) is 7.19. The van der Waals surface area contributed by atoms with Crippen molar-refractivity contribution in [1.82, 2.24) is 25.8 Å². The maximum atomic E-state index is 12.8. The van der Waals surface area contributed by atoms with Crippen molar-refractivity contribution in [2.45, 2.75) is 6.92 Å². The van der Waals surface area contributed by atoms with Gasteiger partial charge in [0.05, 0.1) is 11.1 Å². The maximum Gasteiger partial charge on any atom is 0.278 e. The van der Waals surface area contributed by atoms with Crippen LogP contribution >= 0.6 is 15.9 Å². The van der Waals surface area contributed by atoms with Gasteiger partial charge < -0.3 is 15.2 Å². The fourth-order valence-electron chi connectivity index (χ4n) is 2.65. The van der Waals surface area contributed by atoms with Gasteiger partial charge >= 0.3 is 0 Å². The van der Waals surface area contributed by atoms with Crippen LogP contribution in [-0.2, 0) is 4.79 Å². The number of rotatable bonds is 4. The smallest absolute Gasteiger partial charge is 0.278 e. The molecule has 10 nitrogen and oxygen atoms in total. The van der Waals surface area contributed by atoms with E-state index in [-0.39, 0.29) is 11.6 Å². The normalized spacial score (nSPS) is 10.8. The molecule has 0 aliphatic heterocycles. The van der Waals surface area contributed by atoms with Crippen LogP contribution in [0.15, 0.2) is 45.4 Å². The number of amides is 2. The molecule has 2 heterocycles. The first-order chi connectivity index (χ1) is 13.5. The largest absolute Gasteiger partial charge is 0.355 e. The summed E-state index contributed by atoms with van der Waals surface area (Å²) in [5, 5.41) is 23.6. The van der Waals surface area contributed by atoms with Crippen LogP contribution in [0.3, 0.4) is 0 Å². The number of tetrazole rings is 1. The minimum atomic E-state index is -0.481. The number of nitrogens with one attached hydrogen (secondary N) is 3. The number of nitrogens with zero attached hydrogens (tertiary/aromatic N) is 4. The highest BCUT2D eigenvalue weighted by molar-refractivity contribution is 9.10. The van der Waals surface area contributed by atoms with E-state index < -0.39 is 5.91 Å². The summed E-state index contributed by atoms with van der Waals surface area (Å²) in [4.78, 5) is 24.1. The Hall–Kier alpha value is -3.60. The molecule has 28 heavy (non-hydrogen) atoms. The number of aromatic amines is 1. The molecule has 0 fully saturated rings. The van der Waals surface area contributed by atoms with E-state index >= 15 is 0 Å². The minimum Gasteiger partial charge on any atom is -0.355 e. The SMILES string of the molecule is CC(=O)Nc1ccc2onc(C(=O)Nc3ccc(Br)cc3-c3nn[nH]n3)c2c1. The quantitative estimate of drug-likeness (QED) is 0.442. The lowest BCUT2D eigenvalue weighted by Gasteiger charge is -2.08. The Labute approximate surface area is 165 Å². The van der Waals surface area contributed by atoms with Gasteiger partial charge in [-0.25, -0.2) is 0 Å². The summed E-state index contributed by atoms with van der Waals surface area (Å²) in [7, 11) is 0. The highest BCUT2D eigenvalue weighted by Crippen LogP contribution is 2.29. The first kappa shape index (κ1) is 17.8. The van der Waals surface area contributed by atoms with Crippen LogP contribution < -0.4 is 10.6 Å². The number of carbonyl (C=O) groups excluding carboxylic acids is 2. The van der Waals surface area contributed by atoms with Crippen molar-refractivity contribution in [2.75, 3.05) is 10.6 Å². The molecule has 0 unspecified atom stereocenters. The van der Waals surface area contributed by atoms with Gasteiger partial charge in [-0.1, -0.05) is 21.1 Å². The standard InChI is InChI=1S/C17H12BrN7O3/c1-8(26)19-10-3-5-14-12(7-10)15(23-28-14)17(27)20-13-4-2-9(18)6-11(13)16-21-24-25-22-16/h2-7H,1H3,(H,19,26)(H,20,27)(H,21,22,24,25). The van der Waals surface area contributed by atoms with Gasteiger partial charge in [-0.3, -0.25) is 9.59 Å². The average molecular weight is 442 g/mol. The minimum absolute atomic E-state index is 0.0872. The van der Waals surface area contributed by atoms with E-state index in [1.165, 1.54) is 6.92 Å². The van der Waals surface area contributed by atoms with Crippen LogP contribution in [0, 0.1) is 0 Å². The number of halogens is 1. The van der Waals surface area contributed by atoms with Gasteiger partial charge in [0.25, 0.3) is 5.91 Å². The van der Waals surface area contributed by atoms with Gasteiger partial charge in [0.2, 0.25) is 11.7 Å². The summed E-state index contributed by atoms with van der Waals surface area (Å²) in [5.74, 6) is -0.373. The van der Waals surface area contributed by atoms with Crippen molar-refractivity contribution in [3.63, 3.8) is 0 Å². The van der Waals surface area contributed by atoms with E-state index in [0.717, 1.165) is 4.47 Å². The Bertz CT molecular complexity index is 1190. The molecule has 0 aliphatic rings. The molecule has 3 N–H and O–H groups in total. The van der Waals surface area contributed by atoms with Crippen LogP contribution in [0.2, 0.25) is 0 Å². The fourth-order valence-corrected chi connectivity index (χ4v) is 3.01. The lowest BCUT2D eigenvalue weighted by Crippen LogP contribution is -2.13. The van der Waals surface area contributed by atoms with E-state index in [2.05, 4.69) is 52.3 Å². The molecule has 0 saturated heterocycles. The molecular weight excluding hydrogens is 430 g/mol. The third kappa shape index (κ3) is 3.47. The molecule has 0 radical (unpaired) electrons. The Morgan fingerprint density at radius 1 is 1.14 bits per heavy atom. The van der Waals surface area contributed by atoms with E-state index in [1.54, 1.807) is 36.4 Å². The third-order valence-electron chi connectivity index (χ3n) is 3.82. The van der Waals surface area contributed by atoms with E-state index in [9.17, 15) is 9.59 Å². The summed E-state index contributed by atoms with van der Waals surface area (Å²) >= 11 is 3.39. The van der Waals surface area contributed by atoms with Crippen molar-refractivity contribution in [3.05, 3.63) is 46.6 Å². The number of aromatic nitrogens is 5. The molecule has 0 bridgehead atoms. The summed E-state index contributed by atoms with van der Waals surface area (Å²) in [6, 6.07) is 10.2. The fraction of sp³-hybridized carbons (Fsp3) is 0.0588. The number of hydrogen-bond acceptors (Lipinski definition) is 7. The molecule has 0 aliphatic carbocycles. The number of fused-ring (bicyclic) bond motifs is 1. The third-order valence-corrected chi connectivity index (χ3v) is 4.31. The molecule has 0 saturated carbocycles. The molecule has 0 atom stereocenters. The molecular formula is C17H12BrN7O3. The van der Waals surface area contributed by atoms with Crippen LogP contribution in [-0.4, -0.2) is 37.6 Å². The van der Waals surface area contributed by atoms with Crippen molar-refractivity contribution in [3.8, 4) is 11.4 Å². The Morgan fingerprint density at radius 2 is 2.00 bits per heavy atom. The predicted octanol–water partition coefficient (Wildman–Crippen LogP) is 2.98. The van der Waals surface area contributed by atoms with Gasteiger partial charge in [-0.2, -0.15) is 5.21 Å². The Balaban J connectivity index is 1.69. The topological polar surface area (TPSA) is 139 Å². The molecule has 2 aromatic heterocycles. The van der Waals surface area contributed by atoms with Gasteiger partial charge in [0.1, 0.15) is 0 Å². The zero-order chi connectivity index (χ0) is 19.7. The molecule has 2 aromatic carbocycles. The maximum absolute atomic E-state index is 12.8. The number of hydrogen-bond donors (Lipinski definition) is 3. The van der Waals surface area contributed by atoms with Gasteiger partial charge in [0.15, 0.2) is 11.3 Å². The van der Waals surface area contributed by atoms with Gasteiger partial charge in [0, 0.05) is 22.6 Å². The van der Waals surface area contributed by atoms with Crippen LogP contribution in [0.4, 0.5) is 11.4 Å². The lowest BCUT2D eigenvalue weighted by molar-refractivity contribution is -0.114. The van der Waals surface area contributed by atoms with Crippen molar-refractivity contribution >= 4 is 50.1 Å². The summed E-state index contributed by atoms with van der Waals surface area (Å²) < 4.78 is 6.01. The number of anilines is 2. The average Bonchev–Trinajstić information content (AvgIpc) is 3.32. The second-order valence-electron chi connectivity index (χ2n) is 5.80. The Kier molecular flexibility index (Phi) is 4.57. The molecule has 0 spiro atoms. The van der Waals surface area contributed by atoms with Crippen LogP contribution in [0.1, 0.15) is 17.4 Å². The van der Waals surface area contributed by atoms with Gasteiger partial charge in [-0.15, -0.1) is 10.2 Å². The highest BCUT2D eigenvalue weighted by Gasteiger charge is 2.19. The number of benzene rings is 2.